The molecule has 1 unspecified atom stereocenters. The van der Waals surface area contributed by atoms with Crippen molar-refractivity contribution in [2.75, 3.05) is 0 Å². The van der Waals surface area contributed by atoms with Crippen molar-refractivity contribution in [1.29, 1.82) is 0 Å². The fourth-order valence-electron chi connectivity index (χ4n) is 18.5. The third-order valence-electron chi connectivity index (χ3n) is 24.1. The smallest absolute Gasteiger partial charge is 0.165 e. The van der Waals surface area contributed by atoms with Crippen LogP contribution in [0.15, 0.2) is 382 Å². The summed E-state index contributed by atoms with van der Waals surface area (Å²) in [6, 6.07) is 140. The molecule has 0 saturated heterocycles. The minimum absolute atomic E-state index is 0.369. The van der Waals surface area contributed by atoms with Crippen LogP contribution in [0.2, 0.25) is 0 Å². The van der Waals surface area contributed by atoms with E-state index in [1.54, 1.807) is 0 Å². The molecular weight excluding hydrogens is 1370 g/mol. The maximum Gasteiger partial charge on any atom is 0.165 e. The van der Waals surface area contributed by atoms with Gasteiger partial charge in [0.1, 0.15) is 11.4 Å². The topological polar surface area (TPSA) is 61.4 Å². The van der Waals surface area contributed by atoms with Crippen LogP contribution in [0.4, 0.5) is 0 Å². The third kappa shape index (κ3) is 10.5. The average molecular weight is 1440 g/mol. The summed E-state index contributed by atoms with van der Waals surface area (Å²) in [5.41, 5.74) is 28.7. The molecule has 1 aliphatic rings. The van der Waals surface area contributed by atoms with Gasteiger partial charge in [0.25, 0.3) is 0 Å². The first-order valence-electron chi connectivity index (χ1n) is 38.9. The number of aromatic nitrogens is 6. The highest BCUT2D eigenvalue weighted by Gasteiger charge is 2.41. The fourth-order valence-corrected chi connectivity index (χ4v) is 18.5. The minimum atomic E-state index is -0.369. The molecule has 0 radical (unpaired) electrons. The van der Waals surface area contributed by atoms with E-state index in [0.29, 0.717) is 0 Å². The summed E-state index contributed by atoms with van der Waals surface area (Å²) in [6.45, 7) is 2.46. The molecule has 0 spiro atoms. The van der Waals surface area contributed by atoms with Crippen molar-refractivity contribution in [2.24, 2.45) is 0 Å². The molecule has 4 aromatic heterocycles. The summed E-state index contributed by atoms with van der Waals surface area (Å²) >= 11 is 0. The lowest BCUT2D eigenvalue weighted by Crippen LogP contribution is -2.23. The van der Waals surface area contributed by atoms with Gasteiger partial charge in [0.2, 0.25) is 0 Å². The standard InChI is InChI=1S/C107H68N6/c1-107(65-66-38-40-72(41-39-66)83-51-54-93-95(62-83)108-103(73-46-42-71(43-47-73)67-20-4-2-5-21-67)105(110-93)112-97-55-52-81(80-48-44-69-24-8-10-26-74(69)56-80)59-88(97)89-58-76-28-12-14-30-78(76)63-99(89)112)91-35-17-16-32-87(91)101-85(33-18-36-92(101)107)86-34-19-37-98-102(86)90-60-77-29-13-15-31-79(77)64-100(90)113(98)106-104(84-49-45-70-25-9-11-27-75(70)57-84)109-96-61-82(50-53-94(96)111-106)68-22-6-3-7-23-68/h2-64H,65H2,1H3. The second-order valence-electron chi connectivity index (χ2n) is 30.6. The molecule has 1 aliphatic carbocycles. The predicted octanol–water partition coefficient (Wildman–Crippen LogP) is 27.6. The van der Waals surface area contributed by atoms with Crippen LogP contribution in [0.25, 0.3) is 210 Å². The number of rotatable bonds is 11. The van der Waals surface area contributed by atoms with E-state index in [2.05, 4.69) is 398 Å². The highest BCUT2D eigenvalue weighted by molar-refractivity contribution is 6.21. The van der Waals surface area contributed by atoms with Crippen molar-refractivity contribution >= 4 is 109 Å². The van der Waals surface area contributed by atoms with Crippen molar-refractivity contribution in [3.05, 3.63) is 399 Å². The van der Waals surface area contributed by atoms with E-state index in [1.807, 2.05) is 0 Å². The van der Waals surface area contributed by atoms with E-state index in [4.69, 9.17) is 19.9 Å². The van der Waals surface area contributed by atoms with Gasteiger partial charge in [0.05, 0.1) is 44.1 Å². The van der Waals surface area contributed by atoms with Gasteiger partial charge < -0.3 is 0 Å². The monoisotopic (exact) mass is 1440 g/mol. The number of hydrogen-bond donors (Lipinski definition) is 0. The van der Waals surface area contributed by atoms with E-state index < -0.39 is 0 Å². The Morgan fingerprint density at radius 3 is 1.29 bits per heavy atom. The molecule has 22 aromatic rings. The van der Waals surface area contributed by atoms with E-state index in [9.17, 15) is 0 Å². The lowest BCUT2D eigenvalue weighted by atomic mass is 9.75. The first-order chi connectivity index (χ1) is 55.8. The lowest BCUT2D eigenvalue weighted by molar-refractivity contribution is 0.583. The van der Waals surface area contributed by atoms with E-state index in [1.165, 1.54) is 76.8 Å². The molecule has 113 heavy (non-hydrogen) atoms. The Hall–Kier alpha value is -14.7. The average Bonchev–Trinajstić information content (AvgIpc) is 1.59. The minimum Gasteiger partial charge on any atom is -0.292 e. The molecule has 6 nitrogen and oxygen atoms in total. The molecule has 23 rings (SSSR count). The second kappa shape index (κ2) is 25.4. The number of fused-ring (bicyclic) bond motifs is 15. The van der Waals surface area contributed by atoms with Gasteiger partial charge in [-0.1, -0.05) is 310 Å². The molecule has 0 N–H and O–H groups in total. The summed E-state index contributed by atoms with van der Waals surface area (Å²) < 4.78 is 4.76. The Balaban J connectivity index is 0.634. The molecule has 1 atom stereocenters. The van der Waals surface area contributed by atoms with Crippen LogP contribution < -0.4 is 0 Å². The van der Waals surface area contributed by atoms with Crippen LogP contribution in [-0.2, 0) is 11.8 Å². The molecule has 0 amide bonds. The van der Waals surface area contributed by atoms with Crippen molar-refractivity contribution in [2.45, 2.75) is 18.8 Å². The molecule has 0 fully saturated rings. The Kier molecular flexibility index (Phi) is 14.5. The second-order valence-corrected chi connectivity index (χ2v) is 30.6. The van der Waals surface area contributed by atoms with Gasteiger partial charge in [-0.15, -0.1) is 0 Å². The first kappa shape index (κ1) is 64.3. The van der Waals surface area contributed by atoms with Crippen molar-refractivity contribution < 1.29 is 0 Å². The Labute approximate surface area is 652 Å². The summed E-state index contributed by atoms with van der Waals surface area (Å²) in [6.07, 6.45) is 0.795. The molecular formula is C107H68N6. The van der Waals surface area contributed by atoms with Crippen molar-refractivity contribution in [3.8, 4) is 101 Å². The molecule has 526 valence electrons. The van der Waals surface area contributed by atoms with Gasteiger partial charge in [-0.05, 0) is 212 Å². The van der Waals surface area contributed by atoms with E-state index in [-0.39, 0.29) is 5.41 Å². The lowest BCUT2D eigenvalue weighted by Gasteiger charge is -2.28. The van der Waals surface area contributed by atoms with Gasteiger partial charge in [-0.3, -0.25) is 9.13 Å². The SMILES string of the molecule is CC1(Cc2ccc(-c3ccc4nc(-n5c6ccc(-c7ccc8ccccc8c7)cc6c6cc7ccccc7cc65)c(-c5ccc(-c6ccccc6)cc5)nc4c3)cc2)c2ccccc2-c2c(-c3cccc4c3c3cc5ccccc5cc3n4-c3nc4ccc(-c5ccccc5)cc4nc3-c3ccc4ccccc4c3)cccc21. The maximum atomic E-state index is 5.74. The van der Waals surface area contributed by atoms with Gasteiger partial charge >= 0.3 is 0 Å². The molecule has 4 heterocycles. The summed E-state index contributed by atoms with van der Waals surface area (Å²) in [5, 5.41) is 14.1. The molecule has 0 aliphatic heterocycles. The maximum absolute atomic E-state index is 5.74. The Morgan fingerprint density at radius 2 is 0.646 bits per heavy atom. The van der Waals surface area contributed by atoms with Gasteiger partial charge in [0.15, 0.2) is 11.6 Å². The van der Waals surface area contributed by atoms with Crippen molar-refractivity contribution in [1.82, 2.24) is 29.1 Å². The van der Waals surface area contributed by atoms with E-state index >= 15 is 0 Å². The van der Waals surface area contributed by atoms with Crippen LogP contribution in [0.3, 0.4) is 0 Å². The number of hydrogen-bond acceptors (Lipinski definition) is 4. The predicted molar refractivity (Wildman–Crippen MR) is 471 cm³/mol. The number of benzene rings is 18. The van der Waals surface area contributed by atoms with Gasteiger partial charge in [0, 0.05) is 38.1 Å². The molecule has 0 saturated carbocycles. The fraction of sp³-hybridized carbons (Fsp3) is 0.0280. The zero-order chi connectivity index (χ0) is 74.4. The van der Waals surface area contributed by atoms with Crippen molar-refractivity contribution in [3.63, 3.8) is 0 Å². The zero-order valence-corrected chi connectivity index (χ0v) is 61.8. The van der Waals surface area contributed by atoms with Crippen LogP contribution in [-0.4, -0.2) is 29.1 Å². The van der Waals surface area contributed by atoms with Crippen LogP contribution in [0.1, 0.15) is 23.6 Å². The highest BCUT2D eigenvalue weighted by atomic mass is 15.1. The van der Waals surface area contributed by atoms with Crippen LogP contribution in [0, 0.1) is 0 Å². The molecule has 0 bridgehead atoms. The van der Waals surface area contributed by atoms with Crippen LogP contribution >= 0.6 is 0 Å². The quantitative estimate of drug-likeness (QED) is 0.129. The van der Waals surface area contributed by atoms with E-state index in [0.717, 1.165) is 156 Å². The Morgan fingerprint density at radius 1 is 0.239 bits per heavy atom. The summed E-state index contributed by atoms with van der Waals surface area (Å²) in [5.74, 6) is 1.56. The highest BCUT2D eigenvalue weighted by Crippen LogP contribution is 2.55. The molecule has 18 aromatic carbocycles. The molecule has 6 heteroatoms. The zero-order valence-electron chi connectivity index (χ0n) is 61.8. The largest absolute Gasteiger partial charge is 0.292 e. The van der Waals surface area contributed by atoms with Crippen LogP contribution in [0.5, 0.6) is 0 Å². The summed E-state index contributed by atoms with van der Waals surface area (Å²) in [4.78, 5) is 22.9. The van der Waals surface area contributed by atoms with Gasteiger partial charge in [-0.25, -0.2) is 19.9 Å². The van der Waals surface area contributed by atoms with Gasteiger partial charge in [-0.2, -0.15) is 0 Å². The summed E-state index contributed by atoms with van der Waals surface area (Å²) in [7, 11) is 0. The first-order valence-corrected chi connectivity index (χ1v) is 38.9. The number of nitrogens with zero attached hydrogens (tertiary/aromatic N) is 6. The normalized spacial score (nSPS) is 13.4. The Bertz CT molecular complexity index is 7710. The third-order valence-corrected chi connectivity index (χ3v) is 24.1.